The molecule has 2 aromatic rings. The van der Waals surface area contributed by atoms with Crippen LogP contribution in [0.5, 0.6) is 17.2 Å². The van der Waals surface area contributed by atoms with Crippen molar-refractivity contribution < 1.29 is 27.4 Å². The number of rotatable bonds is 8. The topological polar surface area (TPSA) is 78.1 Å². The van der Waals surface area contributed by atoms with E-state index < -0.39 is 11.7 Å². The zero-order valence-corrected chi connectivity index (χ0v) is 16.5. The molecule has 158 valence electrons. The highest BCUT2D eigenvalue weighted by atomic mass is 19.4. The molecule has 0 spiro atoms. The van der Waals surface area contributed by atoms with Crippen LogP contribution < -0.4 is 25.3 Å². The number of hydrogen-bond donors (Lipinski definition) is 2. The summed E-state index contributed by atoms with van der Waals surface area (Å²) in [4.78, 5) is 4.01. The number of nitrogens with two attached hydrogens (primary N) is 1. The maximum Gasteiger partial charge on any atom is 0.416 e. The molecule has 0 saturated carbocycles. The third-order valence-corrected chi connectivity index (χ3v) is 4.21. The summed E-state index contributed by atoms with van der Waals surface area (Å²) in [6.45, 7) is 0.258. The number of halogens is 3. The van der Waals surface area contributed by atoms with E-state index in [1.54, 1.807) is 20.3 Å². The SMILES string of the molecule is COc1ccc(CN=C(N)NCCc2ccc(OC)c(OC)c2)c(C(F)(F)F)c1. The number of methoxy groups -OCH3 is 3. The van der Waals surface area contributed by atoms with Gasteiger partial charge in [0.05, 0.1) is 33.4 Å². The van der Waals surface area contributed by atoms with E-state index in [-0.39, 0.29) is 23.8 Å². The monoisotopic (exact) mass is 411 g/mol. The van der Waals surface area contributed by atoms with Gasteiger partial charge in [0.2, 0.25) is 0 Å². The number of guanidine groups is 1. The Morgan fingerprint density at radius 1 is 1.00 bits per heavy atom. The lowest BCUT2D eigenvalue weighted by molar-refractivity contribution is -0.138. The lowest BCUT2D eigenvalue weighted by Crippen LogP contribution is -2.33. The van der Waals surface area contributed by atoms with Crippen LogP contribution in [0.4, 0.5) is 13.2 Å². The van der Waals surface area contributed by atoms with Gasteiger partial charge in [0.1, 0.15) is 5.75 Å². The van der Waals surface area contributed by atoms with Gasteiger partial charge < -0.3 is 25.3 Å². The average molecular weight is 411 g/mol. The van der Waals surface area contributed by atoms with E-state index >= 15 is 0 Å². The van der Waals surface area contributed by atoms with Crippen LogP contribution in [-0.2, 0) is 19.1 Å². The second kappa shape index (κ2) is 9.90. The summed E-state index contributed by atoms with van der Waals surface area (Å²) < 4.78 is 55.0. The smallest absolute Gasteiger partial charge is 0.416 e. The van der Waals surface area contributed by atoms with Crippen molar-refractivity contribution in [1.29, 1.82) is 0 Å². The second-order valence-corrected chi connectivity index (χ2v) is 6.09. The van der Waals surface area contributed by atoms with Gasteiger partial charge in [-0.2, -0.15) is 13.2 Å². The summed E-state index contributed by atoms with van der Waals surface area (Å²) in [6, 6.07) is 9.28. The number of nitrogens with one attached hydrogen (secondary N) is 1. The quantitative estimate of drug-likeness (QED) is 0.514. The van der Waals surface area contributed by atoms with Gasteiger partial charge in [0.15, 0.2) is 17.5 Å². The van der Waals surface area contributed by atoms with Crippen LogP contribution in [0.3, 0.4) is 0 Å². The number of hydrogen-bond acceptors (Lipinski definition) is 4. The van der Waals surface area contributed by atoms with Crippen LogP contribution in [0.2, 0.25) is 0 Å². The molecule has 29 heavy (non-hydrogen) atoms. The first-order valence-electron chi connectivity index (χ1n) is 8.77. The average Bonchev–Trinajstić information content (AvgIpc) is 2.71. The van der Waals surface area contributed by atoms with E-state index in [2.05, 4.69) is 10.3 Å². The summed E-state index contributed by atoms with van der Waals surface area (Å²) in [7, 11) is 4.43. The summed E-state index contributed by atoms with van der Waals surface area (Å²) in [6.07, 6.45) is -3.89. The van der Waals surface area contributed by atoms with Gasteiger partial charge in [-0.3, -0.25) is 0 Å². The van der Waals surface area contributed by atoms with Crippen molar-refractivity contribution >= 4 is 5.96 Å². The lowest BCUT2D eigenvalue weighted by atomic mass is 10.1. The number of benzene rings is 2. The van der Waals surface area contributed by atoms with Crippen LogP contribution in [0.1, 0.15) is 16.7 Å². The fourth-order valence-electron chi connectivity index (χ4n) is 2.68. The summed E-state index contributed by atoms with van der Waals surface area (Å²) in [5.41, 5.74) is 6.00. The molecule has 0 fully saturated rings. The molecule has 0 atom stereocenters. The Bertz CT molecular complexity index is 855. The molecule has 2 rings (SSSR count). The van der Waals surface area contributed by atoms with E-state index in [1.807, 2.05) is 12.1 Å². The fraction of sp³-hybridized carbons (Fsp3) is 0.350. The molecule has 0 bridgehead atoms. The van der Waals surface area contributed by atoms with Crippen molar-refractivity contribution in [3.8, 4) is 17.2 Å². The number of ether oxygens (including phenoxy) is 3. The molecule has 6 nitrogen and oxygen atoms in total. The minimum atomic E-state index is -4.50. The van der Waals surface area contributed by atoms with E-state index in [1.165, 1.54) is 19.2 Å². The van der Waals surface area contributed by atoms with Crippen LogP contribution in [0.25, 0.3) is 0 Å². The molecule has 0 aromatic heterocycles. The van der Waals surface area contributed by atoms with Crippen molar-refractivity contribution in [1.82, 2.24) is 5.32 Å². The Morgan fingerprint density at radius 3 is 2.34 bits per heavy atom. The molecular weight excluding hydrogens is 387 g/mol. The molecule has 0 aliphatic carbocycles. The number of aliphatic imine (C=N–C) groups is 1. The number of alkyl halides is 3. The second-order valence-electron chi connectivity index (χ2n) is 6.09. The summed E-state index contributed by atoms with van der Waals surface area (Å²) in [5, 5.41) is 2.90. The molecule has 0 aliphatic heterocycles. The Kier molecular flexibility index (Phi) is 7.58. The van der Waals surface area contributed by atoms with E-state index in [4.69, 9.17) is 19.9 Å². The highest BCUT2D eigenvalue weighted by Crippen LogP contribution is 2.34. The van der Waals surface area contributed by atoms with Crippen molar-refractivity contribution in [3.63, 3.8) is 0 Å². The molecule has 0 unspecified atom stereocenters. The van der Waals surface area contributed by atoms with Gasteiger partial charge in [0, 0.05) is 6.54 Å². The molecule has 2 aromatic carbocycles. The molecule has 9 heteroatoms. The highest BCUT2D eigenvalue weighted by molar-refractivity contribution is 5.77. The van der Waals surface area contributed by atoms with Crippen molar-refractivity contribution in [3.05, 3.63) is 53.1 Å². The summed E-state index contributed by atoms with van der Waals surface area (Å²) >= 11 is 0. The van der Waals surface area contributed by atoms with Crippen molar-refractivity contribution in [2.45, 2.75) is 19.1 Å². The molecule has 0 saturated heterocycles. The molecule has 0 amide bonds. The highest BCUT2D eigenvalue weighted by Gasteiger charge is 2.33. The summed E-state index contributed by atoms with van der Waals surface area (Å²) in [5.74, 6) is 1.44. The minimum absolute atomic E-state index is 0.0166. The van der Waals surface area contributed by atoms with Gasteiger partial charge in [0.25, 0.3) is 0 Å². The molecule has 0 radical (unpaired) electrons. The number of nitrogens with zero attached hydrogens (tertiary/aromatic N) is 1. The third kappa shape index (κ3) is 6.20. The van der Waals surface area contributed by atoms with Gasteiger partial charge in [-0.05, 0) is 41.8 Å². The van der Waals surface area contributed by atoms with E-state index in [0.717, 1.165) is 11.6 Å². The Balaban J connectivity index is 1.98. The Hall–Kier alpha value is -3.10. The van der Waals surface area contributed by atoms with Gasteiger partial charge in [-0.25, -0.2) is 4.99 Å². The molecular formula is C20H24F3N3O3. The first-order valence-corrected chi connectivity index (χ1v) is 8.77. The van der Waals surface area contributed by atoms with E-state index in [0.29, 0.717) is 24.5 Å². The molecule has 0 aliphatic rings. The first-order chi connectivity index (χ1) is 13.8. The zero-order valence-electron chi connectivity index (χ0n) is 16.5. The van der Waals surface area contributed by atoms with Crippen LogP contribution in [-0.4, -0.2) is 33.8 Å². The maximum atomic E-state index is 13.2. The van der Waals surface area contributed by atoms with E-state index in [9.17, 15) is 13.2 Å². The van der Waals surface area contributed by atoms with Gasteiger partial charge >= 0.3 is 6.18 Å². The molecule has 3 N–H and O–H groups in total. The predicted molar refractivity (Wildman–Crippen MR) is 105 cm³/mol. The Morgan fingerprint density at radius 2 is 1.72 bits per heavy atom. The van der Waals surface area contributed by atoms with Crippen molar-refractivity contribution in [2.24, 2.45) is 10.7 Å². The lowest BCUT2D eigenvalue weighted by Gasteiger charge is -2.13. The largest absolute Gasteiger partial charge is 0.497 e. The zero-order chi connectivity index (χ0) is 21.4. The van der Waals surface area contributed by atoms with Crippen molar-refractivity contribution in [2.75, 3.05) is 27.9 Å². The molecule has 0 heterocycles. The standard InChI is InChI=1S/C20H24F3N3O3/c1-27-15-6-5-14(16(11-15)20(21,22)23)12-26-19(24)25-9-8-13-4-7-17(28-2)18(10-13)29-3/h4-7,10-11H,8-9,12H2,1-3H3,(H3,24,25,26). The van der Waals surface area contributed by atoms with Crippen LogP contribution >= 0.6 is 0 Å². The Labute approximate surface area is 167 Å². The van der Waals surface area contributed by atoms with Crippen LogP contribution in [0, 0.1) is 0 Å². The minimum Gasteiger partial charge on any atom is -0.497 e. The predicted octanol–water partition coefficient (Wildman–Crippen LogP) is 3.38. The maximum absolute atomic E-state index is 13.2. The van der Waals surface area contributed by atoms with Gasteiger partial charge in [-0.1, -0.05) is 12.1 Å². The normalized spacial score (nSPS) is 11.9. The third-order valence-electron chi connectivity index (χ3n) is 4.21. The fourth-order valence-corrected chi connectivity index (χ4v) is 2.68. The van der Waals surface area contributed by atoms with Crippen LogP contribution in [0.15, 0.2) is 41.4 Å². The first kappa shape index (κ1) is 22.2. The van der Waals surface area contributed by atoms with Gasteiger partial charge in [-0.15, -0.1) is 0 Å².